The van der Waals surface area contributed by atoms with Crippen molar-refractivity contribution < 1.29 is 14.3 Å². The number of hydrogen-bond donors (Lipinski definition) is 1. The van der Waals surface area contributed by atoms with Crippen LogP contribution in [0.25, 0.3) is 0 Å². The number of amides is 1. The highest BCUT2D eigenvalue weighted by atomic mass is 16.5. The van der Waals surface area contributed by atoms with Gasteiger partial charge in [-0.3, -0.25) is 9.59 Å². The maximum atomic E-state index is 12.2. The van der Waals surface area contributed by atoms with E-state index in [1.165, 1.54) is 12.7 Å². The highest BCUT2D eigenvalue weighted by Gasteiger charge is 2.24. The minimum Gasteiger partial charge on any atom is -0.469 e. The molecule has 0 atom stereocenters. The molecule has 126 valence electrons. The highest BCUT2D eigenvalue weighted by molar-refractivity contribution is 5.78. The molecule has 1 fully saturated rings. The lowest BCUT2D eigenvalue weighted by Gasteiger charge is -2.30. The number of nitrogens with one attached hydrogen (secondary N) is 1. The molecule has 1 saturated heterocycles. The number of piperidine rings is 1. The Morgan fingerprint density at radius 3 is 2.57 bits per heavy atom. The van der Waals surface area contributed by atoms with Crippen molar-refractivity contribution in [3.63, 3.8) is 0 Å². The number of hydrogen-bond acceptors (Lipinski definition) is 4. The van der Waals surface area contributed by atoms with Crippen LogP contribution in [0.2, 0.25) is 0 Å². The third-order valence-corrected chi connectivity index (χ3v) is 4.37. The zero-order chi connectivity index (χ0) is 16.5. The number of nitrogens with zero attached hydrogens (tertiary/aromatic N) is 1. The first-order valence-corrected chi connectivity index (χ1v) is 8.30. The van der Waals surface area contributed by atoms with Crippen LogP contribution in [-0.2, 0) is 20.7 Å². The second-order valence-electron chi connectivity index (χ2n) is 5.97. The molecule has 23 heavy (non-hydrogen) atoms. The fraction of sp³-hybridized carbons (Fsp3) is 0.556. The van der Waals surface area contributed by atoms with Crippen molar-refractivity contribution in [2.45, 2.75) is 25.7 Å². The van der Waals surface area contributed by atoms with Crippen molar-refractivity contribution in [3.05, 3.63) is 35.9 Å². The molecule has 1 N–H and O–H groups in total. The summed E-state index contributed by atoms with van der Waals surface area (Å²) in [6, 6.07) is 10.2. The number of ether oxygens (including phenoxy) is 1. The van der Waals surface area contributed by atoms with Crippen LogP contribution in [0.4, 0.5) is 0 Å². The molecule has 0 aliphatic carbocycles. The SMILES string of the molecule is COC(=O)CCN1CCC(C(=O)NCCc2ccccc2)CC1. The van der Waals surface area contributed by atoms with Gasteiger partial charge in [-0.2, -0.15) is 0 Å². The summed E-state index contributed by atoms with van der Waals surface area (Å²) < 4.78 is 4.65. The van der Waals surface area contributed by atoms with Gasteiger partial charge in [0.05, 0.1) is 13.5 Å². The predicted molar refractivity (Wildman–Crippen MR) is 89.0 cm³/mol. The smallest absolute Gasteiger partial charge is 0.306 e. The summed E-state index contributed by atoms with van der Waals surface area (Å²) in [5, 5.41) is 3.04. The monoisotopic (exact) mass is 318 g/mol. The summed E-state index contributed by atoms with van der Waals surface area (Å²) in [7, 11) is 1.41. The molecule has 1 amide bonds. The minimum absolute atomic E-state index is 0.0974. The predicted octanol–water partition coefficient (Wildman–Crippen LogP) is 1.62. The average molecular weight is 318 g/mol. The van der Waals surface area contributed by atoms with Gasteiger partial charge < -0.3 is 15.0 Å². The van der Waals surface area contributed by atoms with Gasteiger partial charge in [-0.15, -0.1) is 0 Å². The largest absolute Gasteiger partial charge is 0.469 e. The molecule has 1 aromatic carbocycles. The maximum absolute atomic E-state index is 12.2. The number of carbonyl (C=O) groups excluding carboxylic acids is 2. The molecule has 0 spiro atoms. The van der Waals surface area contributed by atoms with Gasteiger partial charge in [-0.1, -0.05) is 30.3 Å². The Bertz CT molecular complexity index is 496. The molecule has 1 aromatic rings. The van der Waals surface area contributed by atoms with E-state index in [1.807, 2.05) is 18.2 Å². The molecule has 0 radical (unpaired) electrons. The van der Waals surface area contributed by atoms with Crippen LogP contribution >= 0.6 is 0 Å². The number of methoxy groups -OCH3 is 1. The van der Waals surface area contributed by atoms with E-state index in [9.17, 15) is 9.59 Å². The third-order valence-electron chi connectivity index (χ3n) is 4.37. The highest BCUT2D eigenvalue weighted by Crippen LogP contribution is 2.17. The van der Waals surface area contributed by atoms with Gasteiger partial charge in [-0.25, -0.2) is 0 Å². The van der Waals surface area contributed by atoms with Crippen LogP contribution in [0, 0.1) is 5.92 Å². The first-order chi connectivity index (χ1) is 11.2. The van der Waals surface area contributed by atoms with E-state index in [0.717, 1.165) is 38.9 Å². The molecular formula is C18H26N2O3. The lowest BCUT2D eigenvalue weighted by atomic mass is 9.95. The van der Waals surface area contributed by atoms with Crippen LogP contribution in [-0.4, -0.2) is 50.1 Å². The quantitative estimate of drug-likeness (QED) is 0.776. The maximum Gasteiger partial charge on any atom is 0.306 e. The van der Waals surface area contributed by atoms with Crippen molar-refractivity contribution in [1.82, 2.24) is 10.2 Å². The van der Waals surface area contributed by atoms with Crippen LogP contribution in [0.15, 0.2) is 30.3 Å². The summed E-state index contributed by atoms with van der Waals surface area (Å²) in [5.41, 5.74) is 1.24. The van der Waals surface area contributed by atoms with Crippen LogP contribution in [0.5, 0.6) is 0 Å². The van der Waals surface area contributed by atoms with E-state index in [0.29, 0.717) is 13.0 Å². The van der Waals surface area contributed by atoms with E-state index >= 15 is 0 Å². The van der Waals surface area contributed by atoms with Crippen LogP contribution in [0.3, 0.4) is 0 Å². The lowest BCUT2D eigenvalue weighted by molar-refractivity contribution is -0.141. The van der Waals surface area contributed by atoms with Crippen molar-refractivity contribution >= 4 is 11.9 Å². The number of likely N-dealkylation sites (tertiary alicyclic amines) is 1. The van der Waals surface area contributed by atoms with Crippen molar-refractivity contribution in [2.75, 3.05) is 33.3 Å². The van der Waals surface area contributed by atoms with E-state index < -0.39 is 0 Å². The number of esters is 1. The fourth-order valence-electron chi connectivity index (χ4n) is 2.89. The first kappa shape index (κ1) is 17.5. The number of benzene rings is 1. The lowest BCUT2D eigenvalue weighted by Crippen LogP contribution is -2.41. The first-order valence-electron chi connectivity index (χ1n) is 8.30. The topological polar surface area (TPSA) is 58.6 Å². The van der Waals surface area contributed by atoms with Gasteiger partial charge in [-0.05, 0) is 37.9 Å². The Hall–Kier alpha value is -1.88. The average Bonchev–Trinajstić information content (AvgIpc) is 2.61. The summed E-state index contributed by atoms with van der Waals surface area (Å²) in [6.07, 6.45) is 3.01. The van der Waals surface area contributed by atoms with Gasteiger partial charge in [0.2, 0.25) is 5.91 Å². The Labute approximate surface area is 138 Å². The van der Waals surface area contributed by atoms with Crippen LogP contribution in [0.1, 0.15) is 24.8 Å². The molecule has 5 heteroatoms. The minimum atomic E-state index is -0.175. The normalized spacial score (nSPS) is 16.0. The second kappa shape index (κ2) is 9.30. The molecule has 0 unspecified atom stereocenters. The molecule has 2 rings (SSSR count). The fourth-order valence-corrected chi connectivity index (χ4v) is 2.89. The van der Waals surface area contributed by atoms with Gasteiger partial charge in [0.15, 0.2) is 0 Å². The van der Waals surface area contributed by atoms with Crippen molar-refractivity contribution in [2.24, 2.45) is 5.92 Å². The Morgan fingerprint density at radius 2 is 1.91 bits per heavy atom. The van der Waals surface area contributed by atoms with E-state index in [1.54, 1.807) is 0 Å². The zero-order valence-electron chi connectivity index (χ0n) is 13.8. The molecule has 5 nitrogen and oxygen atoms in total. The van der Waals surface area contributed by atoms with Gasteiger partial charge >= 0.3 is 5.97 Å². The summed E-state index contributed by atoms with van der Waals surface area (Å²) in [4.78, 5) is 25.6. The Kier molecular flexibility index (Phi) is 7.07. The Morgan fingerprint density at radius 1 is 1.22 bits per heavy atom. The zero-order valence-corrected chi connectivity index (χ0v) is 13.8. The third kappa shape index (κ3) is 6.02. The standard InChI is InChI=1S/C18H26N2O3/c1-23-17(21)10-14-20-12-8-16(9-13-20)18(22)19-11-7-15-5-3-2-4-6-15/h2-6,16H,7-14H2,1H3,(H,19,22). The van der Waals surface area contributed by atoms with Gasteiger partial charge in [0, 0.05) is 19.0 Å². The van der Waals surface area contributed by atoms with E-state index in [2.05, 4.69) is 27.1 Å². The molecule has 0 saturated carbocycles. The van der Waals surface area contributed by atoms with Gasteiger partial charge in [0.25, 0.3) is 0 Å². The van der Waals surface area contributed by atoms with E-state index in [4.69, 9.17) is 0 Å². The molecular weight excluding hydrogens is 292 g/mol. The van der Waals surface area contributed by atoms with Crippen molar-refractivity contribution in [3.8, 4) is 0 Å². The second-order valence-corrected chi connectivity index (χ2v) is 5.97. The Balaban J connectivity index is 1.62. The van der Waals surface area contributed by atoms with Crippen LogP contribution < -0.4 is 5.32 Å². The van der Waals surface area contributed by atoms with Crippen molar-refractivity contribution in [1.29, 1.82) is 0 Å². The molecule has 0 aromatic heterocycles. The summed E-state index contributed by atoms with van der Waals surface area (Å²) in [6.45, 7) is 3.14. The molecule has 0 bridgehead atoms. The molecule has 1 heterocycles. The summed E-state index contributed by atoms with van der Waals surface area (Å²) >= 11 is 0. The van der Waals surface area contributed by atoms with E-state index in [-0.39, 0.29) is 17.8 Å². The van der Waals surface area contributed by atoms with Gasteiger partial charge in [0.1, 0.15) is 0 Å². The molecule has 1 aliphatic heterocycles. The molecule has 1 aliphatic rings. The number of carbonyl (C=O) groups is 2. The number of rotatable bonds is 7. The summed E-state index contributed by atoms with van der Waals surface area (Å²) in [5.74, 6) is 0.0828.